The fraction of sp³-hybridized carbons (Fsp3) is 0.357. The highest BCUT2D eigenvalue weighted by Gasteiger charge is 2.47. The van der Waals surface area contributed by atoms with Gasteiger partial charge in [0, 0.05) is 38.5 Å². The number of benzene rings is 2. The Kier molecular flexibility index (Phi) is 7.93. The van der Waals surface area contributed by atoms with Crippen molar-refractivity contribution in [3.8, 4) is 0 Å². The molecule has 8 heteroatoms. The number of nitrogens with one attached hydrogen (secondary N) is 1. The van der Waals surface area contributed by atoms with E-state index in [0.717, 1.165) is 5.56 Å². The van der Waals surface area contributed by atoms with Gasteiger partial charge in [0.25, 0.3) is 0 Å². The molecular formula is C28H30FN3O4. The lowest BCUT2D eigenvalue weighted by atomic mass is 9.85. The molecule has 1 aliphatic carbocycles. The summed E-state index contributed by atoms with van der Waals surface area (Å²) in [6.45, 7) is -0.184. The van der Waals surface area contributed by atoms with E-state index in [1.54, 1.807) is 18.2 Å². The molecule has 0 aromatic heterocycles. The third-order valence-corrected chi connectivity index (χ3v) is 6.96. The lowest BCUT2D eigenvalue weighted by Gasteiger charge is -2.31. The summed E-state index contributed by atoms with van der Waals surface area (Å²) in [5.41, 5.74) is 1.12. The number of likely N-dealkylation sites (tertiary alicyclic amines) is 1. The average Bonchev–Trinajstić information content (AvgIpc) is 3.15. The molecule has 0 unspecified atom stereocenters. The van der Waals surface area contributed by atoms with E-state index >= 15 is 0 Å². The second-order valence-electron chi connectivity index (χ2n) is 9.17. The first-order chi connectivity index (χ1) is 17.4. The van der Waals surface area contributed by atoms with E-state index in [9.17, 15) is 23.6 Å². The van der Waals surface area contributed by atoms with E-state index in [1.165, 1.54) is 22.9 Å². The summed E-state index contributed by atoms with van der Waals surface area (Å²) < 4.78 is 14.5. The average molecular weight is 492 g/mol. The van der Waals surface area contributed by atoms with E-state index in [0.29, 0.717) is 12.8 Å². The van der Waals surface area contributed by atoms with Crippen LogP contribution in [0.1, 0.15) is 30.4 Å². The molecule has 4 amide bonds. The lowest BCUT2D eigenvalue weighted by Crippen LogP contribution is -2.50. The Bertz CT molecular complexity index is 1140. The molecule has 1 aliphatic heterocycles. The number of halogens is 1. The van der Waals surface area contributed by atoms with E-state index in [2.05, 4.69) is 5.32 Å². The zero-order chi connectivity index (χ0) is 25.7. The maximum absolute atomic E-state index is 14.5. The van der Waals surface area contributed by atoms with Gasteiger partial charge < -0.3 is 10.2 Å². The van der Waals surface area contributed by atoms with Crippen LogP contribution in [0.25, 0.3) is 0 Å². The largest absolute Gasteiger partial charge is 0.357 e. The molecule has 1 fully saturated rings. The van der Waals surface area contributed by atoms with E-state index < -0.39 is 17.8 Å². The monoisotopic (exact) mass is 491 g/mol. The van der Waals surface area contributed by atoms with Crippen molar-refractivity contribution in [3.05, 3.63) is 83.7 Å². The van der Waals surface area contributed by atoms with Crippen LogP contribution in [0.3, 0.4) is 0 Å². The summed E-state index contributed by atoms with van der Waals surface area (Å²) in [5, 5.41) is 2.61. The van der Waals surface area contributed by atoms with Crippen molar-refractivity contribution >= 4 is 23.6 Å². The van der Waals surface area contributed by atoms with Crippen molar-refractivity contribution in [2.45, 2.75) is 38.3 Å². The zero-order valence-corrected chi connectivity index (χ0v) is 20.2. The molecule has 0 spiro atoms. The summed E-state index contributed by atoms with van der Waals surface area (Å²) in [4.78, 5) is 54.7. The van der Waals surface area contributed by atoms with Crippen molar-refractivity contribution in [1.29, 1.82) is 0 Å². The highest BCUT2D eigenvalue weighted by Crippen LogP contribution is 2.35. The lowest BCUT2D eigenvalue weighted by molar-refractivity contribution is -0.144. The van der Waals surface area contributed by atoms with Crippen molar-refractivity contribution in [1.82, 2.24) is 15.1 Å². The van der Waals surface area contributed by atoms with Gasteiger partial charge in [-0.15, -0.1) is 0 Å². The number of allylic oxidation sites excluding steroid dienone is 2. The number of carbonyl (C=O) groups is 4. The quantitative estimate of drug-likeness (QED) is 0.432. The SMILES string of the molecule is CNC(=O)[C@H](Cc1ccccc1)N(Cc1ccccc1F)C(=O)CCN1C(=O)[C@H]2CC=CC[C@H]2C1=O. The van der Waals surface area contributed by atoms with Gasteiger partial charge in [0.05, 0.1) is 11.8 Å². The Morgan fingerprint density at radius 1 is 1.00 bits per heavy atom. The second kappa shape index (κ2) is 11.3. The van der Waals surface area contributed by atoms with Crippen molar-refractivity contribution in [2.75, 3.05) is 13.6 Å². The van der Waals surface area contributed by atoms with Crippen LogP contribution in [0.2, 0.25) is 0 Å². The van der Waals surface area contributed by atoms with Crippen LogP contribution in [0.5, 0.6) is 0 Å². The molecule has 3 atom stereocenters. The fourth-order valence-electron chi connectivity index (χ4n) is 4.97. The Morgan fingerprint density at radius 3 is 2.22 bits per heavy atom. The Morgan fingerprint density at radius 2 is 1.61 bits per heavy atom. The molecule has 4 rings (SSSR count). The number of imide groups is 1. The van der Waals surface area contributed by atoms with Crippen LogP contribution >= 0.6 is 0 Å². The third kappa shape index (κ3) is 5.37. The standard InChI is InChI=1S/C28H30FN3O4/c1-30-26(34)24(17-19-9-3-2-4-10-19)32(18-20-11-5-8-14-23(20)29)25(33)15-16-31-27(35)21-12-6-7-13-22(21)28(31)36/h2-11,14,21-22,24H,12-13,15-18H2,1H3,(H,30,34)/t21-,22+,24-/m0/s1. The number of fused-ring (bicyclic) bond motifs is 1. The molecule has 36 heavy (non-hydrogen) atoms. The fourth-order valence-corrected chi connectivity index (χ4v) is 4.97. The van der Waals surface area contributed by atoms with Crippen LogP contribution in [0.15, 0.2) is 66.7 Å². The predicted octanol–water partition coefficient (Wildman–Crippen LogP) is 2.85. The van der Waals surface area contributed by atoms with E-state index in [1.807, 2.05) is 42.5 Å². The number of rotatable bonds is 9. The minimum atomic E-state index is -0.902. The number of nitrogens with zero attached hydrogens (tertiary/aromatic N) is 2. The van der Waals surface area contributed by atoms with Crippen LogP contribution in [-0.4, -0.2) is 53.1 Å². The van der Waals surface area contributed by atoms with Gasteiger partial charge in [0.1, 0.15) is 11.9 Å². The summed E-state index contributed by atoms with van der Waals surface area (Å²) in [6.07, 6.45) is 4.95. The molecule has 0 radical (unpaired) electrons. The number of carbonyl (C=O) groups excluding carboxylic acids is 4. The summed E-state index contributed by atoms with van der Waals surface area (Å²) in [6, 6.07) is 14.5. The topological polar surface area (TPSA) is 86.8 Å². The number of likely N-dealkylation sites (N-methyl/N-ethyl adjacent to an activating group) is 1. The molecule has 1 N–H and O–H groups in total. The predicted molar refractivity (Wildman–Crippen MR) is 132 cm³/mol. The Hall–Kier alpha value is -3.81. The Balaban J connectivity index is 1.57. The summed E-state index contributed by atoms with van der Waals surface area (Å²) in [7, 11) is 1.49. The van der Waals surface area contributed by atoms with Gasteiger partial charge in [-0.1, -0.05) is 60.7 Å². The highest BCUT2D eigenvalue weighted by molar-refractivity contribution is 6.05. The smallest absolute Gasteiger partial charge is 0.242 e. The van der Waals surface area contributed by atoms with Crippen LogP contribution in [-0.2, 0) is 32.1 Å². The van der Waals surface area contributed by atoms with Crippen molar-refractivity contribution in [3.63, 3.8) is 0 Å². The molecule has 188 valence electrons. The van der Waals surface area contributed by atoms with Crippen LogP contribution in [0, 0.1) is 17.7 Å². The normalized spacial score (nSPS) is 19.7. The molecule has 0 bridgehead atoms. The van der Waals surface area contributed by atoms with Gasteiger partial charge in [-0.3, -0.25) is 24.1 Å². The number of amides is 4. The minimum absolute atomic E-state index is 0.0664. The van der Waals surface area contributed by atoms with Crippen LogP contribution in [0.4, 0.5) is 4.39 Å². The first-order valence-electron chi connectivity index (χ1n) is 12.2. The molecule has 2 aliphatic rings. The van der Waals surface area contributed by atoms with Gasteiger partial charge in [-0.2, -0.15) is 0 Å². The van der Waals surface area contributed by atoms with E-state index in [4.69, 9.17) is 0 Å². The minimum Gasteiger partial charge on any atom is -0.357 e. The first kappa shape index (κ1) is 25.3. The third-order valence-electron chi connectivity index (χ3n) is 6.96. The van der Waals surface area contributed by atoms with Crippen molar-refractivity contribution in [2.24, 2.45) is 11.8 Å². The zero-order valence-electron chi connectivity index (χ0n) is 20.2. The molecule has 2 aromatic carbocycles. The number of hydrogen-bond acceptors (Lipinski definition) is 4. The van der Waals surface area contributed by atoms with Gasteiger partial charge in [0.15, 0.2) is 0 Å². The maximum Gasteiger partial charge on any atom is 0.242 e. The number of hydrogen-bond donors (Lipinski definition) is 1. The van der Waals surface area contributed by atoms with Gasteiger partial charge in [-0.25, -0.2) is 4.39 Å². The van der Waals surface area contributed by atoms with Crippen molar-refractivity contribution < 1.29 is 23.6 Å². The Labute approximate surface area is 210 Å². The molecule has 1 heterocycles. The molecule has 0 saturated carbocycles. The van der Waals surface area contributed by atoms with Gasteiger partial charge in [0.2, 0.25) is 23.6 Å². The summed E-state index contributed by atoms with van der Waals surface area (Å²) in [5.74, 6) is -2.55. The van der Waals surface area contributed by atoms with Crippen LogP contribution < -0.4 is 5.32 Å². The molecule has 1 saturated heterocycles. The summed E-state index contributed by atoms with van der Waals surface area (Å²) >= 11 is 0. The molecule has 2 aromatic rings. The highest BCUT2D eigenvalue weighted by atomic mass is 19.1. The van der Waals surface area contributed by atoms with Gasteiger partial charge in [-0.05, 0) is 24.5 Å². The molecule has 7 nitrogen and oxygen atoms in total. The van der Waals surface area contributed by atoms with Gasteiger partial charge >= 0.3 is 0 Å². The first-order valence-corrected chi connectivity index (χ1v) is 12.2. The van der Waals surface area contributed by atoms with E-state index in [-0.39, 0.29) is 61.1 Å². The second-order valence-corrected chi connectivity index (χ2v) is 9.17. The molecular weight excluding hydrogens is 461 g/mol. The maximum atomic E-state index is 14.5.